The predicted octanol–water partition coefficient (Wildman–Crippen LogP) is 4.91. The van der Waals surface area contributed by atoms with Gasteiger partial charge in [-0.05, 0) is 61.7 Å². The van der Waals surface area contributed by atoms with Crippen molar-refractivity contribution in [1.82, 2.24) is 14.1 Å². The minimum Gasteiger partial charge on any atom is -0.494 e. The van der Waals surface area contributed by atoms with Crippen LogP contribution in [0.4, 0.5) is 10.1 Å². The molecule has 1 N–H and O–H groups in total. The molecule has 9 heteroatoms. The second kappa shape index (κ2) is 11.2. The van der Waals surface area contributed by atoms with Gasteiger partial charge in [-0.15, -0.1) is 0 Å². The van der Waals surface area contributed by atoms with Gasteiger partial charge in [0.2, 0.25) is 5.91 Å². The van der Waals surface area contributed by atoms with Gasteiger partial charge in [0.1, 0.15) is 17.6 Å². The molecule has 7 nitrogen and oxygen atoms in total. The van der Waals surface area contributed by atoms with Crippen LogP contribution in [0.1, 0.15) is 61.1 Å². The number of aromatic nitrogens is 2. The molecule has 0 aliphatic heterocycles. The summed E-state index contributed by atoms with van der Waals surface area (Å²) in [4.78, 5) is 28.7. The maximum absolute atomic E-state index is 13.7. The van der Waals surface area contributed by atoms with E-state index in [1.165, 1.54) is 35.4 Å². The second-order valence-corrected chi connectivity index (χ2v) is 8.75. The molecule has 1 heterocycles. The van der Waals surface area contributed by atoms with Crippen LogP contribution in [0.15, 0.2) is 54.7 Å². The number of carbonyl (C=O) groups is 2. The van der Waals surface area contributed by atoms with Crippen LogP contribution in [0.5, 0.6) is 5.75 Å². The third-order valence-corrected chi connectivity index (χ3v) is 6.35. The van der Waals surface area contributed by atoms with Gasteiger partial charge >= 0.3 is 0 Å². The molecular weight excluding hydrogens is 455 g/mol. The summed E-state index contributed by atoms with van der Waals surface area (Å²) >= 11 is 0.918. The van der Waals surface area contributed by atoms with Crippen LogP contribution in [0.2, 0.25) is 0 Å². The highest BCUT2D eigenvalue weighted by Gasteiger charge is 2.35. The van der Waals surface area contributed by atoms with Gasteiger partial charge in [0.25, 0.3) is 5.91 Å². The number of hydrogen-bond donors (Lipinski definition) is 1. The topological polar surface area (TPSA) is 84.4 Å². The van der Waals surface area contributed by atoms with Crippen molar-refractivity contribution in [2.75, 3.05) is 11.5 Å². The van der Waals surface area contributed by atoms with Gasteiger partial charge in [-0.1, -0.05) is 31.4 Å². The SMILES string of the molecule is CCOc1ccc(N(C(=O)c2cnsn2)[C@H](C(=O)NC2CCCCC2)c2ccc(F)cc2)cc1. The van der Waals surface area contributed by atoms with Gasteiger partial charge in [0, 0.05) is 11.7 Å². The zero-order valence-corrected chi connectivity index (χ0v) is 19.8. The molecule has 0 spiro atoms. The first-order valence-corrected chi connectivity index (χ1v) is 12.2. The third-order valence-electron chi connectivity index (χ3n) is 5.87. The van der Waals surface area contributed by atoms with E-state index in [0.717, 1.165) is 43.8 Å². The van der Waals surface area contributed by atoms with Crippen molar-refractivity contribution in [1.29, 1.82) is 0 Å². The smallest absolute Gasteiger partial charge is 0.280 e. The monoisotopic (exact) mass is 482 g/mol. The summed E-state index contributed by atoms with van der Waals surface area (Å²) in [6.45, 7) is 2.40. The Morgan fingerprint density at radius 2 is 1.82 bits per heavy atom. The van der Waals surface area contributed by atoms with E-state index in [1.807, 2.05) is 6.92 Å². The summed E-state index contributed by atoms with van der Waals surface area (Å²) < 4.78 is 27.3. The Labute approximate surface area is 202 Å². The van der Waals surface area contributed by atoms with Gasteiger partial charge in [0.05, 0.1) is 24.5 Å². The highest BCUT2D eigenvalue weighted by molar-refractivity contribution is 6.99. The lowest BCUT2D eigenvalue weighted by Crippen LogP contribution is -2.47. The Hall–Kier alpha value is -3.33. The fourth-order valence-corrected chi connectivity index (χ4v) is 4.63. The molecule has 0 saturated heterocycles. The van der Waals surface area contributed by atoms with Crippen molar-refractivity contribution < 1.29 is 18.7 Å². The number of hydrogen-bond acceptors (Lipinski definition) is 6. The maximum Gasteiger partial charge on any atom is 0.280 e. The molecular formula is C25H27FN4O3S. The largest absolute Gasteiger partial charge is 0.494 e. The number of nitrogens with one attached hydrogen (secondary N) is 1. The number of anilines is 1. The van der Waals surface area contributed by atoms with Gasteiger partial charge < -0.3 is 10.1 Å². The van der Waals surface area contributed by atoms with Crippen molar-refractivity contribution >= 4 is 29.2 Å². The van der Waals surface area contributed by atoms with E-state index in [-0.39, 0.29) is 17.6 Å². The Morgan fingerprint density at radius 1 is 1.12 bits per heavy atom. The van der Waals surface area contributed by atoms with Crippen molar-refractivity contribution in [3.63, 3.8) is 0 Å². The Bertz CT molecular complexity index is 1080. The summed E-state index contributed by atoms with van der Waals surface area (Å²) in [6.07, 6.45) is 6.44. The number of amides is 2. The summed E-state index contributed by atoms with van der Waals surface area (Å²) in [6, 6.07) is 11.6. The van der Waals surface area contributed by atoms with Crippen LogP contribution in [-0.2, 0) is 4.79 Å². The second-order valence-electron chi connectivity index (χ2n) is 8.19. The first-order chi connectivity index (χ1) is 16.6. The van der Waals surface area contributed by atoms with E-state index in [9.17, 15) is 14.0 Å². The van der Waals surface area contributed by atoms with Crippen molar-refractivity contribution in [2.24, 2.45) is 0 Å². The Morgan fingerprint density at radius 3 is 2.44 bits per heavy atom. The highest BCUT2D eigenvalue weighted by atomic mass is 32.1. The summed E-state index contributed by atoms with van der Waals surface area (Å²) in [5.41, 5.74) is 1.13. The molecule has 178 valence electrons. The number of rotatable bonds is 8. The van der Waals surface area contributed by atoms with Gasteiger partial charge in [0.15, 0.2) is 5.69 Å². The molecule has 1 aliphatic carbocycles. The lowest BCUT2D eigenvalue weighted by atomic mass is 9.94. The number of halogens is 1. The summed E-state index contributed by atoms with van der Waals surface area (Å²) in [5.74, 6) is -0.549. The van der Waals surface area contributed by atoms with E-state index >= 15 is 0 Å². The van der Waals surface area contributed by atoms with Crippen LogP contribution in [0.3, 0.4) is 0 Å². The third kappa shape index (κ3) is 5.59. The van der Waals surface area contributed by atoms with Crippen molar-refractivity contribution in [2.45, 2.75) is 51.1 Å². The maximum atomic E-state index is 13.7. The van der Waals surface area contributed by atoms with Crippen LogP contribution in [0.25, 0.3) is 0 Å². The quantitative estimate of drug-likeness (QED) is 0.493. The molecule has 2 amide bonds. The fraction of sp³-hybridized carbons (Fsp3) is 0.360. The van der Waals surface area contributed by atoms with Gasteiger partial charge in [-0.2, -0.15) is 8.75 Å². The minimum absolute atomic E-state index is 0.0439. The number of ether oxygens (including phenoxy) is 1. The molecule has 2 aromatic carbocycles. The first-order valence-electron chi connectivity index (χ1n) is 11.5. The summed E-state index contributed by atoms with van der Waals surface area (Å²) in [7, 11) is 0. The highest BCUT2D eigenvalue weighted by Crippen LogP contribution is 2.32. The number of nitrogens with zero attached hydrogens (tertiary/aromatic N) is 3. The number of benzene rings is 2. The molecule has 0 unspecified atom stereocenters. The van der Waals surface area contributed by atoms with Gasteiger partial charge in [-0.3, -0.25) is 14.5 Å². The predicted molar refractivity (Wildman–Crippen MR) is 128 cm³/mol. The van der Waals surface area contributed by atoms with E-state index in [2.05, 4.69) is 14.1 Å². The van der Waals surface area contributed by atoms with Gasteiger partial charge in [-0.25, -0.2) is 4.39 Å². The van der Waals surface area contributed by atoms with Crippen molar-refractivity contribution in [3.05, 3.63) is 71.8 Å². The van der Waals surface area contributed by atoms with E-state index in [4.69, 9.17) is 4.74 Å². The molecule has 1 aliphatic rings. The van der Waals surface area contributed by atoms with E-state index in [0.29, 0.717) is 23.6 Å². The van der Waals surface area contributed by atoms with Crippen LogP contribution in [0, 0.1) is 5.82 Å². The normalized spacial score (nSPS) is 14.9. The molecule has 1 aromatic heterocycles. The Balaban J connectivity index is 1.76. The molecule has 0 bridgehead atoms. The molecule has 4 rings (SSSR count). The lowest BCUT2D eigenvalue weighted by molar-refractivity contribution is -0.123. The van der Waals surface area contributed by atoms with Crippen molar-refractivity contribution in [3.8, 4) is 5.75 Å². The molecule has 1 fully saturated rings. The molecule has 1 saturated carbocycles. The molecule has 34 heavy (non-hydrogen) atoms. The lowest BCUT2D eigenvalue weighted by Gasteiger charge is -2.33. The fourth-order valence-electron chi connectivity index (χ4n) is 4.23. The molecule has 1 atom stereocenters. The average Bonchev–Trinajstić information content (AvgIpc) is 3.40. The first kappa shape index (κ1) is 23.8. The zero-order chi connectivity index (χ0) is 23.9. The van der Waals surface area contributed by atoms with Crippen LogP contribution < -0.4 is 15.0 Å². The van der Waals surface area contributed by atoms with E-state index < -0.39 is 17.8 Å². The standard InChI is InChI=1S/C25H27FN4O3S/c1-2-33-21-14-12-20(13-15-21)30(25(32)22-16-27-34-29-22)23(17-8-10-18(26)11-9-17)24(31)28-19-6-4-3-5-7-19/h8-16,19,23H,2-7H2,1H3,(H,28,31)/t23-/m0/s1. The Kier molecular flexibility index (Phi) is 7.84. The van der Waals surface area contributed by atoms with Crippen LogP contribution in [-0.4, -0.2) is 33.2 Å². The molecule has 0 radical (unpaired) electrons. The molecule has 3 aromatic rings. The van der Waals surface area contributed by atoms with Crippen LogP contribution >= 0.6 is 11.7 Å². The van der Waals surface area contributed by atoms with E-state index in [1.54, 1.807) is 24.3 Å². The minimum atomic E-state index is -1.02. The zero-order valence-electron chi connectivity index (χ0n) is 18.9. The number of carbonyl (C=O) groups excluding carboxylic acids is 2. The average molecular weight is 483 g/mol. The summed E-state index contributed by atoms with van der Waals surface area (Å²) in [5, 5.41) is 3.13.